The Morgan fingerprint density at radius 3 is 2.52 bits per heavy atom. The summed E-state index contributed by atoms with van der Waals surface area (Å²) in [5.74, 6) is -1.44. The van der Waals surface area contributed by atoms with E-state index in [0.29, 0.717) is 26.0 Å². The fourth-order valence-electron chi connectivity index (χ4n) is 3.68. The van der Waals surface area contributed by atoms with Gasteiger partial charge in [-0.05, 0) is 32.1 Å². The minimum atomic E-state index is -4.20. The van der Waals surface area contributed by atoms with Crippen molar-refractivity contribution in [1.82, 2.24) is 4.90 Å². The standard InChI is InChI=1S/C15H24F3NO2/c1-21-10-8-14(6-2-3-7-14)13(20)19-9-4-5-12(11-19)15(16,17)18/h12H,2-11H2,1H3/t12-/m1/s1. The molecule has 0 aromatic carbocycles. The minimum absolute atomic E-state index is 0.0778. The molecule has 2 aliphatic rings. The molecule has 1 heterocycles. The van der Waals surface area contributed by atoms with Crippen LogP contribution in [0.1, 0.15) is 44.9 Å². The van der Waals surface area contributed by atoms with Crippen molar-refractivity contribution in [3.63, 3.8) is 0 Å². The normalized spacial score (nSPS) is 26.1. The fourth-order valence-corrected chi connectivity index (χ4v) is 3.68. The molecule has 1 saturated carbocycles. The average Bonchev–Trinajstić information content (AvgIpc) is 2.93. The average molecular weight is 307 g/mol. The number of methoxy groups -OCH3 is 1. The second kappa shape index (κ2) is 6.55. The number of piperidine rings is 1. The van der Waals surface area contributed by atoms with Gasteiger partial charge in [0.05, 0.1) is 11.3 Å². The van der Waals surface area contributed by atoms with Crippen molar-refractivity contribution < 1.29 is 22.7 Å². The van der Waals surface area contributed by atoms with Crippen LogP contribution >= 0.6 is 0 Å². The van der Waals surface area contributed by atoms with E-state index in [1.54, 1.807) is 7.11 Å². The summed E-state index contributed by atoms with van der Waals surface area (Å²) in [6, 6.07) is 0. The first-order chi connectivity index (χ1) is 9.89. The van der Waals surface area contributed by atoms with E-state index in [0.717, 1.165) is 25.7 Å². The van der Waals surface area contributed by atoms with E-state index in [-0.39, 0.29) is 18.9 Å². The van der Waals surface area contributed by atoms with Crippen LogP contribution in [0.15, 0.2) is 0 Å². The number of ether oxygens (including phenoxy) is 1. The lowest BCUT2D eigenvalue weighted by atomic mass is 9.80. The van der Waals surface area contributed by atoms with Crippen LogP contribution in [-0.4, -0.2) is 43.8 Å². The molecule has 3 nitrogen and oxygen atoms in total. The van der Waals surface area contributed by atoms with Crippen LogP contribution < -0.4 is 0 Å². The molecule has 21 heavy (non-hydrogen) atoms. The number of carbonyl (C=O) groups excluding carboxylic acids is 1. The minimum Gasteiger partial charge on any atom is -0.385 e. The molecule has 122 valence electrons. The third kappa shape index (κ3) is 3.71. The molecule has 0 aromatic heterocycles. The SMILES string of the molecule is COCCC1(C(=O)N2CCC[C@@H](C(F)(F)F)C2)CCCC1. The number of carbonyl (C=O) groups is 1. The van der Waals surface area contributed by atoms with Crippen LogP contribution in [0.2, 0.25) is 0 Å². The molecule has 1 aliphatic carbocycles. The first-order valence-electron chi connectivity index (χ1n) is 7.74. The Kier molecular flexibility index (Phi) is 5.17. The molecule has 2 rings (SSSR count). The van der Waals surface area contributed by atoms with Gasteiger partial charge in [-0.3, -0.25) is 4.79 Å². The molecule has 0 N–H and O–H groups in total. The van der Waals surface area contributed by atoms with Crippen molar-refractivity contribution in [2.45, 2.75) is 51.1 Å². The number of rotatable bonds is 4. The van der Waals surface area contributed by atoms with Crippen LogP contribution in [0.25, 0.3) is 0 Å². The van der Waals surface area contributed by atoms with E-state index < -0.39 is 17.5 Å². The van der Waals surface area contributed by atoms with Crippen molar-refractivity contribution in [3.8, 4) is 0 Å². The Labute approximate surface area is 123 Å². The summed E-state index contributed by atoms with van der Waals surface area (Å²) in [5, 5.41) is 0. The molecule has 2 fully saturated rings. The van der Waals surface area contributed by atoms with Crippen molar-refractivity contribution in [2.75, 3.05) is 26.8 Å². The van der Waals surface area contributed by atoms with Crippen LogP contribution in [-0.2, 0) is 9.53 Å². The van der Waals surface area contributed by atoms with Gasteiger partial charge < -0.3 is 9.64 Å². The first-order valence-corrected chi connectivity index (χ1v) is 7.74. The molecule has 1 amide bonds. The highest BCUT2D eigenvalue weighted by atomic mass is 19.4. The van der Waals surface area contributed by atoms with Crippen molar-refractivity contribution in [3.05, 3.63) is 0 Å². The second-order valence-electron chi connectivity index (χ2n) is 6.36. The van der Waals surface area contributed by atoms with Gasteiger partial charge in [0.15, 0.2) is 0 Å². The predicted molar refractivity (Wildman–Crippen MR) is 72.8 cm³/mol. The Morgan fingerprint density at radius 2 is 1.95 bits per heavy atom. The van der Waals surface area contributed by atoms with Gasteiger partial charge in [0.2, 0.25) is 5.91 Å². The molecular weight excluding hydrogens is 283 g/mol. The van der Waals surface area contributed by atoms with Crippen LogP contribution in [0.5, 0.6) is 0 Å². The zero-order valence-electron chi connectivity index (χ0n) is 12.5. The lowest BCUT2D eigenvalue weighted by Gasteiger charge is -2.39. The highest BCUT2D eigenvalue weighted by Gasteiger charge is 2.47. The Bertz CT molecular complexity index is 364. The number of halogens is 3. The van der Waals surface area contributed by atoms with Crippen LogP contribution in [0, 0.1) is 11.3 Å². The van der Waals surface area contributed by atoms with E-state index in [1.807, 2.05) is 0 Å². The van der Waals surface area contributed by atoms with Crippen molar-refractivity contribution in [1.29, 1.82) is 0 Å². The van der Waals surface area contributed by atoms with Gasteiger partial charge in [-0.15, -0.1) is 0 Å². The Morgan fingerprint density at radius 1 is 1.29 bits per heavy atom. The number of likely N-dealkylation sites (tertiary alicyclic amines) is 1. The summed E-state index contributed by atoms with van der Waals surface area (Å²) in [4.78, 5) is 14.3. The number of nitrogens with zero attached hydrogens (tertiary/aromatic N) is 1. The zero-order valence-corrected chi connectivity index (χ0v) is 12.5. The maximum Gasteiger partial charge on any atom is 0.393 e. The first kappa shape index (κ1) is 16.6. The van der Waals surface area contributed by atoms with Crippen molar-refractivity contribution in [2.24, 2.45) is 11.3 Å². The smallest absolute Gasteiger partial charge is 0.385 e. The van der Waals surface area contributed by atoms with Gasteiger partial charge >= 0.3 is 6.18 Å². The van der Waals surface area contributed by atoms with E-state index in [2.05, 4.69) is 0 Å². The largest absolute Gasteiger partial charge is 0.393 e. The van der Waals surface area contributed by atoms with Gasteiger partial charge in [-0.25, -0.2) is 0 Å². The summed E-state index contributed by atoms with van der Waals surface area (Å²) in [5.41, 5.74) is -0.483. The van der Waals surface area contributed by atoms with E-state index in [9.17, 15) is 18.0 Å². The highest BCUT2D eigenvalue weighted by Crippen LogP contribution is 2.44. The lowest BCUT2D eigenvalue weighted by molar-refractivity contribution is -0.190. The van der Waals surface area contributed by atoms with E-state index in [4.69, 9.17) is 4.74 Å². The molecule has 1 atom stereocenters. The molecular formula is C15H24F3NO2. The summed E-state index contributed by atoms with van der Waals surface area (Å²) in [6.45, 7) is 0.777. The molecule has 6 heteroatoms. The zero-order chi connectivity index (χ0) is 15.5. The van der Waals surface area contributed by atoms with Gasteiger partial charge in [-0.2, -0.15) is 13.2 Å². The molecule has 0 spiro atoms. The van der Waals surface area contributed by atoms with Gasteiger partial charge in [-0.1, -0.05) is 12.8 Å². The third-order valence-corrected chi connectivity index (χ3v) is 4.97. The van der Waals surface area contributed by atoms with Gasteiger partial charge in [0, 0.05) is 26.8 Å². The molecule has 0 aromatic rings. The molecule has 1 saturated heterocycles. The van der Waals surface area contributed by atoms with Gasteiger partial charge in [0.1, 0.15) is 0 Å². The maximum absolute atomic E-state index is 12.9. The Hall–Kier alpha value is -0.780. The number of hydrogen-bond acceptors (Lipinski definition) is 2. The quantitative estimate of drug-likeness (QED) is 0.797. The third-order valence-electron chi connectivity index (χ3n) is 4.97. The van der Waals surface area contributed by atoms with Crippen LogP contribution in [0.4, 0.5) is 13.2 Å². The molecule has 0 unspecified atom stereocenters. The lowest BCUT2D eigenvalue weighted by Crippen LogP contribution is -2.50. The maximum atomic E-state index is 12.9. The molecule has 0 bridgehead atoms. The molecule has 0 radical (unpaired) electrons. The number of hydrogen-bond donors (Lipinski definition) is 0. The Balaban J connectivity index is 2.06. The second-order valence-corrected chi connectivity index (χ2v) is 6.36. The number of amides is 1. The fraction of sp³-hybridized carbons (Fsp3) is 0.933. The van der Waals surface area contributed by atoms with E-state index in [1.165, 1.54) is 4.90 Å². The summed E-state index contributed by atoms with van der Waals surface area (Å²) in [6.07, 6.45) is 0.515. The van der Waals surface area contributed by atoms with Crippen molar-refractivity contribution >= 4 is 5.91 Å². The summed E-state index contributed by atoms with van der Waals surface area (Å²) in [7, 11) is 1.59. The molecule has 1 aliphatic heterocycles. The van der Waals surface area contributed by atoms with Crippen LogP contribution in [0.3, 0.4) is 0 Å². The number of alkyl halides is 3. The van der Waals surface area contributed by atoms with E-state index >= 15 is 0 Å². The topological polar surface area (TPSA) is 29.5 Å². The highest BCUT2D eigenvalue weighted by molar-refractivity contribution is 5.83. The van der Waals surface area contributed by atoms with Gasteiger partial charge in [0.25, 0.3) is 0 Å². The monoisotopic (exact) mass is 307 g/mol. The summed E-state index contributed by atoms with van der Waals surface area (Å²) < 4.78 is 43.8. The predicted octanol–water partition coefficient (Wildman–Crippen LogP) is 3.38. The summed E-state index contributed by atoms with van der Waals surface area (Å²) >= 11 is 0.